The van der Waals surface area contributed by atoms with Crippen LogP contribution in [-0.4, -0.2) is 50.3 Å². The summed E-state index contributed by atoms with van der Waals surface area (Å²) < 4.78 is 5.52. The first-order valence-electron chi connectivity index (χ1n) is 7.51. The minimum absolute atomic E-state index is 0.168. The third-order valence-corrected chi connectivity index (χ3v) is 5.29. The molecular formula is C14H22N2O3S2. The summed E-state index contributed by atoms with van der Waals surface area (Å²) in [6.45, 7) is 4.22. The molecule has 1 atom stereocenters. The average Bonchev–Trinajstić information content (AvgIpc) is 2.72. The minimum atomic E-state index is -1.84. The van der Waals surface area contributed by atoms with Crippen molar-refractivity contribution in [3.05, 3.63) is 0 Å². The van der Waals surface area contributed by atoms with Crippen LogP contribution in [0.25, 0.3) is 0 Å². The summed E-state index contributed by atoms with van der Waals surface area (Å²) in [5, 5.41) is 11.3. The topological polar surface area (TPSA) is 62.1 Å². The molecule has 118 valence electrons. The van der Waals surface area contributed by atoms with Crippen molar-refractivity contribution in [3.63, 3.8) is 0 Å². The Morgan fingerprint density at radius 1 is 1.48 bits per heavy atom. The average molecular weight is 330 g/mol. The summed E-state index contributed by atoms with van der Waals surface area (Å²) in [6.07, 6.45) is 5.53. The summed E-state index contributed by atoms with van der Waals surface area (Å²) in [5.41, 5.74) is -1.84. The zero-order chi connectivity index (χ0) is 15.5. The number of esters is 1. The second-order valence-corrected chi connectivity index (χ2v) is 6.85. The number of hydrogen-bond donors (Lipinski definition) is 1. The fraction of sp³-hybridized carbons (Fsp3) is 0.786. The summed E-state index contributed by atoms with van der Waals surface area (Å²) in [7, 11) is 0. The monoisotopic (exact) mass is 330 g/mol. The number of ether oxygens (including phenoxy) is 1. The van der Waals surface area contributed by atoms with E-state index in [1.165, 1.54) is 23.1 Å². The fourth-order valence-corrected chi connectivity index (χ4v) is 4.31. The van der Waals surface area contributed by atoms with E-state index in [9.17, 15) is 9.90 Å². The molecule has 1 aliphatic heterocycles. The van der Waals surface area contributed by atoms with E-state index in [0.717, 1.165) is 25.7 Å². The van der Waals surface area contributed by atoms with Crippen molar-refractivity contribution >= 4 is 39.3 Å². The number of thiocarbonyl (C=S) groups is 1. The van der Waals surface area contributed by atoms with Crippen LogP contribution in [0.3, 0.4) is 0 Å². The third kappa shape index (κ3) is 3.24. The lowest BCUT2D eigenvalue weighted by molar-refractivity contribution is -0.167. The summed E-state index contributed by atoms with van der Waals surface area (Å²) in [5.74, 6) is -0.686. The van der Waals surface area contributed by atoms with Crippen LogP contribution in [0.4, 0.5) is 0 Å². The van der Waals surface area contributed by atoms with Crippen molar-refractivity contribution in [3.8, 4) is 0 Å². The van der Waals surface area contributed by atoms with Crippen LogP contribution < -0.4 is 0 Å². The normalized spacial score (nSPS) is 29.2. The number of thioether (sulfide) groups is 1. The Morgan fingerprint density at radius 3 is 2.71 bits per heavy atom. The van der Waals surface area contributed by atoms with E-state index in [1.54, 1.807) is 6.92 Å². The number of carbonyl (C=O) groups is 1. The van der Waals surface area contributed by atoms with Gasteiger partial charge in [0, 0.05) is 6.54 Å². The number of carbonyl (C=O) groups excluding carboxylic acids is 1. The molecule has 1 saturated carbocycles. The van der Waals surface area contributed by atoms with Crippen LogP contribution in [0.5, 0.6) is 0 Å². The number of aliphatic imine (C=N–C) groups is 1. The first kappa shape index (κ1) is 16.7. The van der Waals surface area contributed by atoms with E-state index >= 15 is 0 Å². The van der Waals surface area contributed by atoms with Gasteiger partial charge in [-0.1, -0.05) is 31.5 Å². The van der Waals surface area contributed by atoms with Gasteiger partial charge in [-0.2, -0.15) is 0 Å². The van der Waals surface area contributed by atoms with Crippen LogP contribution in [0, 0.1) is 0 Å². The van der Waals surface area contributed by atoms with Crippen molar-refractivity contribution in [2.45, 2.75) is 57.7 Å². The molecule has 7 heteroatoms. The Hall–Kier alpha value is -0.660. The molecule has 21 heavy (non-hydrogen) atoms. The van der Waals surface area contributed by atoms with E-state index in [0.29, 0.717) is 15.9 Å². The highest BCUT2D eigenvalue weighted by Crippen LogP contribution is 2.36. The van der Waals surface area contributed by atoms with Gasteiger partial charge in [-0.15, -0.1) is 0 Å². The molecule has 1 heterocycles. The molecule has 2 fully saturated rings. The molecular weight excluding hydrogens is 308 g/mol. The van der Waals surface area contributed by atoms with Crippen molar-refractivity contribution in [2.24, 2.45) is 4.99 Å². The standard InChI is InChI=1S/C14H22N2O3S2/c1-3-16-13(20)21-11(14(16,18)12(17)19-4-2)15-10-8-6-5-7-9-10/h10,18H,3-9H2,1-2H3. The number of likely N-dealkylation sites (N-methyl/N-ethyl adjacent to an activating group) is 1. The van der Waals surface area contributed by atoms with Crippen LogP contribution >= 0.6 is 24.0 Å². The zero-order valence-electron chi connectivity index (χ0n) is 12.5. The summed E-state index contributed by atoms with van der Waals surface area (Å²) in [6, 6.07) is 0.168. The Bertz CT molecular complexity index is 450. The van der Waals surface area contributed by atoms with E-state index in [2.05, 4.69) is 4.99 Å². The summed E-state index contributed by atoms with van der Waals surface area (Å²) >= 11 is 6.49. The second kappa shape index (κ2) is 7.07. The van der Waals surface area contributed by atoms with E-state index in [4.69, 9.17) is 17.0 Å². The lowest BCUT2D eigenvalue weighted by atomic mass is 9.96. The van der Waals surface area contributed by atoms with Gasteiger partial charge in [0.25, 0.3) is 5.72 Å². The Balaban J connectivity index is 2.30. The maximum Gasteiger partial charge on any atom is 0.367 e. The quantitative estimate of drug-likeness (QED) is 0.630. The molecule has 2 aliphatic rings. The SMILES string of the molecule is CCOC(=O)C1(O)C(=NC2CCCCC2)SC(=S)N1CC. The molecule has 1 saturated heterocycles. The molecule has 0 aromatic rings. The predicted octanol–water partition coefficient (Wildman–Crippen LogP) is 2.32. The third-order valence-electron chi connectivity index (χ3n) is 3.84. The Morgan fingerprint density at radius 2 is 2.14 bits per heavy atom. The minimum Gasteiger partial charge on any atom is -0.462 e. The molecule has 0 bridgehead atoms. The van der Waals surface area contributed by atoms with Gasteiger partial charge in [0.05, 0.1) is 12.6 Å². The second-order valence-electron chi connectivity index (χ2n) is 5.23. The van der Waals surface area contributed by atoms with Crippen LogP contribution in [-0.2, 0) is 9.53 Å². The van der Waals surface area contributed by atoms with Crippen LogP contribution in [0.15, 0.2) is 4.99 Å². The maximum absolute atomic E-state index is 12.3. The van der Waals surface area contributed by atoms with E-state index in [-0.39, 0.29) is 12.6 Å². The molecule has 0 radical (unpaired) electrons. The lowest BCUT2D eigenvalue weighted by Crippen LogP contribution is -2.56. The Labute approximate surface area is 135 Å². The van der Waals surface area contributed by atoms with Crippen LogP contribution in [0.1, 0.15) is 46.0 Å². The molecule has 0 aromatic carbocycles. The van der Waals surface area contributed by atoms with Gasteiger partial charge in [0.1, 0.15) is 9.36 Å². The largest absolute Gasteiger partial charge is 0.462 e. The van der Waals surface area contributed by atoms with E-state index < -0.39 is 11.7 Å². The van der Waals surface area contributed by atoms with Gasteiger partial charge in [-0.05, 0) is 38.5 Å². The van der Waals surface area contributed by atoms with Gasteiger partial charge in [-0.25, -0.2) is 4.79 Å². The molecule has 5 nitrogen and oxygen atoms in total. The van der Waals surface area contributed by atoms with Crippen molar-refractivity contribution in [1.82, 2.24) is 4.90 Å². The van der Waals surface area contributed by atoms with Gasteiger partial charge in [-0.3, -0.25) is 4.99 Å². The van der Waals surface area contributed by atoms with Gasteiger partial charge >= 0.3 is 5.97 Å². The molecule has 1 N–H and O–H groups in total. The first-order chi connectivity index (χ1) is 10.0. The summed E-state index contributed by atoms with van der Waals surface area (Å²) in [4.78, 5) is 18.4. The number of rotatable bonds is 4. The smallest absolute Gasteiger partial charge is 0.367 e. The highest BCUT2D eigenvalue weighted by Gasteiger charge is 2.55. The predicted molar refractivity (Wildman–Crippen MR) is 88.5 cm³/mol. The lowest BCUT2D eigenvalue weighted by Gasteiger charge is -2.31. The van der Waals surface area contributed by atoms with E-state index in [1.807, 2.05) is 6.92 Å². The van der Waals surface area contributed by atoms with Crippen molar-refractivity contribution in [2.75, 3.05) is 13.2 Å². The molecule has 2 rings (SSSR count). The van der Waals surface area contributed by atoms with Gasteiger partial charge < -0.3 is 14.7 Å². The maximum atomic E-state index is 12.3. The van der Waals surface area contributed by atoms with Crippen molar-refractivity contribution < 1.29 is 14.6 Å². The number of aliphatic hydroxyl groups is 1. The number of hydrogen-bond acceptors (Lipinski definition) is 6. The molecule has 1 unspecified atom stereocenters. The highest BCUT2D eigenvalue weighted by molar-refractivity contribution is 8.33. The van der Waals surface area contributed by atoms with Gasteiger partial charge in [0.15, 0.2) is 0 Å². The van der Waals surface area contributed by atoms with Crippen molar-refractivity contribution in [1.29, 1.82) is 0 Å². The highest BCUT2D eigenvalue weighted by atomic mass is 32.2. The van der Waals surface area contributed by atoms with Crippen LogP contribution in [0.2, 0.25) is 0 Å². The first-order valence-corrected chi connectivity index (χ1v) is 8.73. The molecule has 0 spiro atoms. The fourth-order valence-electron chi connectivity index (χ4n) is 2.74. The number of nitrogens with zero attached hydrogens (tertiary/aromatic N) is 2. The molecule has 0 aromatic heterocycles. The molecule has 0 amide bonds. The van der Waals surface area contributed by atoms with Gasteiger partial charge in [0.2, 0.25) is 0 Å². The Kier molecular flexibility index (Phi) is 5.62. The zero-order valence-corrected chi connectivity index (χ0v) is 14.1. The molecule has 1 aliphatic carbocycles.